The van der Waals surface area contributed by atoms with Gasteiger partial charge in [0.25, 0.3) is 5.91 Å². The van der Waals surface area contributed by atoms with Crippen LogP contribution in [0.3, 0.4) is 0 Å². The highest BCUT2D eigenvalue weighted by Crippen LogP contribution is 2.21. The fourth-order valence-corrected chi connectivity index (χ4v) is 2.69. The Labute approximate surface area is 149 Å². The van der Waals surface area contributed by atoms with Crippen LogP contribution in [0, 0.1) is 6.92 Å². The van der Waals surface area contributed by atoms with E-state index in [1.807, 2.05) is 13.0 Å². The fourth-order valence-electron chi connectivity index (χ4n) is 2.51. The van der Waals surface area contributed by atoms with Gasteiger partial charge in [0.2, 0.25) is 0 Å². The Bertz CT molecular complexity index is 670. The number of benzene rings is 2. The number of hydrogen-bond donors (Lipinski definition) is 1. The molecule has 0 bridgehead atoms. The van der Waals surface area contributed by atoms with Crippen LogP contribution < -0.4 is 10.1 Å². The number of carbonyl (C=O) groups excluding carboxylic acids is 1. The number of ether oxygens (including phenoxy) is 1. The van der Waals surface area contributed by atoms with Crippen LogP contribution in [0.2, 0.25) is 5.02 Å². The molecule has 2 aromatic carbocycles. The molecule has 0 aromatic heterocycles. The summed E-state index contributed by atoms with van der Waals surface area (Å²) in [6.07, 6.45) is 0.869. The van der Waals surface area contributed by atoms with Crippen LogP contribution in [0.5, 0.6) is 5.75 Å². The van der Waals surface area contributed by atoms with Crippen LogP contribution in [0.4, 0.5) is 0 Å². The number of carbonyl (C=O) groups is 1. The Morgan fingerprint density at radius 1 is 1.12 bits per heavy atom. The van der Waals surface area contributed by atoms with Crippen molar-refractivity contribution in [3.8, 4) is 5.75 Å². The SMILES string of the molecule is CC[C@@H](Oc1cccc(Cl)c1)C(=O)N[C@H](CC)c1ccc(C)cc1. The predicted molar refractivity (Wildman–Crippen MR) is 98.5 cm³/mol. The fraction of sp³-hybridized carbons (Fsp3) is 0.350. The first kappa shape index (κ1) is 18.3. The summed E-state index contributed by atoms with van der Waals surface area (Å²) in [5, 5.41) is 3.68. The summed E-state index contributed by atoms with van der Waals surface area (Å²) < 4.78 is 5.81. The summed E-state index contributed by atoms with van der Waals surface area (Å²) in [6, 6.07) is 15.3. The van der Waals surface area contributed by atoms with Gasteiger partial charge in [0.05, 0.1) is 6.04 Å². The van der Waals surface area contributed by atoms with Gasteiger partial charge in [-0.1, -0.05) is 61.3 Å². The summed E-state index contributed by atoms with van der Waals surface area (Å²) in [4.78, 5) is 12.6. The summed E-state index contributed by atoms with van der Waals surface area (Å²) in [5.41, 5.74) is 2.31. The first-order valence-corrected chi connectivity index (χ1v) is 8.70. The van der Waals surface area contributed by atoms with E-state index in [4.69, 9.17) is 16.3 Å². The van der Waals surface area contributed by atoms with Crippen molar-refractivity contribution in [2.24, 2.45) is 0 Å². The Morgan fingerprint density at radius 2 is 1.83 bits per heavy atom. The van der Waals surface area contributed by atoms with Gasteiger partial charge in [-0.2, -0.15) is 0 Å². The number of nitrogens with one attached hydrogen (secondary N) is 1. The lowest BCUT2D eigenvalue weighted by atomic mass is 10.0. The van der Waals surface area contributed by atoms with Crippen LogP contribution in [0.1, 0.15) is 43.9 Å². The largest absolute Gasteiger partial charge is 0.481 e. The Balaban J connectivity index is 2.05. The topological polar surface area (TPSA) is 38.3 Å². The van der Waals surface area contributed by atoms with E-state index in [9.17, 15) is 4.79 Å². The van der Waals surface area contributed by atoms with Gasteiger partial charge in [-0.3, -0.25) is 4.79 Å². The van der Waals surface area contributed by atoms with Crippen molar-refractivity contribution in [2.75, 3.05) is 0 Å². The van der Waals surface area contributed by atoms with E-state index in [2.05, 4.69) is 43.4 Å². The summed E-state index contributed by atoms with van der Waals surface area (Å²) in [7, 11) is 0. The van der Waals surface area contributed by atoms with Gasteiger partial charge >= 0.3 is 0 Å². The van der Waals surface area contributed by atoms with Gasteiger partial charge in [-0.15, -0.1) is 0 Å². The summed E-state index contributed by atoms with van der Waals surface area (Å²) >= 11 is 5.97. The van der Waals surface area contributed by atoms with E-state index in [0.29, 0.717) is 17.2 Å². The average molecular weight is 346 g/mol. The molecule has 0 aliphatic carbocycles. The van der Waals surface area contributed by atoms with E-state index in [1.165, 1.54) is 5.56 Å². The Kier molecular flexibility index (Phi) is 6.68. The van der Waals surface area contributed by atoms with E-state index in [-0.39, 0.29) is 11.9 Å². The Morgan fingerprint density at radius 3 is 2.42 bits per heavy atom. The molecule has 0 spiro atoms. The lowest BCUT2D eigenvalue weighted by Crippen LogP contribution is -2.39. The molecule has 2 rings (SSSR count). The quantitative estimate of drug-likeness (QED) is 0.760. The van der Waals surface area contributed by atoms with Crippen LogP contribution in [0.15, 0.2) is 48.5 Å². The minimum Gasteiger partial charge on any atom is -0.481 e. The molecule has 2 aromatic rings. The van der Waals surface area contributed by atoms with Crippen LogP contribution >= 0.6 is 11.6 Å². The van der Waals surface area contributed by atoms with Crippen molar-refractivity contribution < 1.29 is 9.53 Å². The molecule has 2 atom stereocenters. The highest BCUT2D eigenvalue weighted by Gasteiger charge is 2.22. The van der Waals surface area contributed by atoms with Crippen LogP contribution in [-0.2, 0) is 4.79 Å². The van der Waals surface area contributed by atoms with Gasteiger partial charge < -0.3 is 10.1 Å². The standard InChI is InChI=1S/C20H24ClNO2/c1-4-18(15-11-9-14(3)10-12-15)22-20(23)19(5-2)24-17-8-6-7-16(21)13-17/h6-13,18-19H,4-5H2,1-3H3,(H,22,23)/t18-,19-/m1/s1. The average Bonchev–Trinajstić information content (AvgIpc) is 2.58. The monoisotopic (exact) mass is 345 g/mol. The molecule has 0 saturated heterocycles. The molecule has 128 valence electrons. The van der Waals surface area contributed by atoms with Crippen molar-refractivity contribution in [3.05, 3.63) is 64.7 Å². The zero-order chi connectivity index (χ0) is 17.5. The van der Waals surface area contributed by atoms with E-state index in [0.717, 1.165) is 12.0 Å². The first-order valence-electron chi connectivity index (χ1n) is 8.32. The third kappa shape index (κ3) is 5.00. The van der Waals surface area contributed by atoms with Gasteiger partial charge in [0.15, 0.2) is 6.10 Å². The molecule has 0 aliphatic rings. The number of halogens is 1. The normalized spacial score (nSPS) is 13.2. The van der Waals surface area contributed by atoms with Gasteiger partial charge in [0, 0.05) is 5.02 Å². The molecule has 0 saturated carbocycles. The van der Waals surface area contributed by atoms with Crippen molar-refractivity contribution in [2.45, 2.75) is 45.8 Å². The van der Waals surface area contributed by atoms with Crippen molar-refractivity contribution in [1.82, 2.24) is 5.32 Å². The molecule has 0 heterocycles. The molecular weight excluding hydrogens is 322 g/mol. The third-order valence-corrected chi connectivity index (χ3v) is 4.18. The minimum absolute atomic E-state index is 0.0184. The van der Waals surface area contributed by atoms with Crippen molar-refractivity contribution in [1.29, 1.82) is 0 Å². The van der Waals surface area contributed by atoms with Crippen molar-refractivity contribution in [3.63, 3.8) is 0 Å². The molecule has 1 N–H and O–H groups in total. The maximum atomic E-state index is 12.6. The zero-order valence-corrected chi connectivity index (χ0v) is 15.1. The second-order valence-electron chi connectivity index (χ2n) is 5.85. The number of aryl methyl sites for hydroxylation is 1. The Hall–Kier alpha value is -2.00. The lowest BCUT2D eigenvalue weighted by molar-refractivity contribution is -0.128. The molecule has 3 nitrogen and oxygen atoms in total. The summed E-state index contributed by atoms with van der Waals surface area (Å²) in [6.45, 7) is 6.04. The molecular formula is C20H24ClNO2. The van der Waals surface area contributed by atoms with E-state index in [1.54, 1.807) is 18.2 Å². The maximum absolute atomic E-state index is 12.6. The molecule has 0 fully saturated rings. The maximum Gasteiger partial charge on any atom is 0.261 e. The highest BCUT2D eigenvalue weighted by atomic mass is 35.5. The van der Waals surface area contributed by atoms with Crippen LogP contribution in [0.25, 0.3) is 0 Å². The van der Waals surface area contributed by atoms with Crippen LogP contribution in [-0.4, -0.2) is 12.0 Å². The zero-order valence-electron chi connectivity index (χ0n) is 14.4. The van der Waals surface area contributed by atoms with Gasteiger partial charge in [-0.05, 0) is 43.5 Å². The summed E-state index contributed by atoms with van der Waals surface area (Å²) in [5.74, 6) is 0.498. The second kappa shape index (κ2) is 8.74. The smallest absolute Gasteiger partial charge is 0.261 e. The predicted octanol–water partition coefficient (Wildman–Crippen LogP) is 5.07. The first-order chi connectivity index (χ1) is 11.5. The molecule has 0 unspecified atom stereocenters. The number of hydrogen-bond acceptors (Lipinski definition) is 2. The highest BCUT2D eigenvalue weighted by molar-refractivity contribution is 6.30. The second-order valence-corrected chi connectivity index (χ2v) is 6.29. The van der Waals surface area contributed by atoms with Gasteiger partial charge in [0.1, 0.15) is 5.75 Å². The van der Waals surface area contributed by atoms with Crippen molar-refractivity contribution >= 4 is 17.5 Å². The number of rotatable bonds is 7. The molecule has 1 amide bonds. The molecule has 4 heteroatoms. The van der Waals surface area contributed by atoms with E-state index < -0.39 is 6.10 Å². The molecule has 24 heavy (non-hydrogen) atoms. The lowest BCUT2D eigenvalue weighted by Gasteiger charge is -2.22. The minimum atomic E-state index is -0.539. The molecule has 0 radical (unpaired) electrons. The molecule has 0 aliphatic heterocycles. The number of amides is 1. The van der Waals surface area contributed by atoms with Gasteiger partial charge in [-0.25, -0.2) is 0 Å². The van der Waals surface area contributed by atoms with E-state index >= 15 is 0 Å². The third-order valence-electron chi connectivity index (χ3n) is 3.94.